The van der Waals surface area contributed by atoms with Gasteiger partial charge in [-0.25, -0.2) is 0 Å². The highest BCUT2D eigenvalue weighted by Gasteiger charge is 2.20. The average Bonchev–Trinajstić information content (AvgIpc) is 3.42. The van der Waals surface area contributed by atoms with Crippen LogP contribution in [0.15, 0.2) is 48.6 Å². The van der Waals surface area contributed by atoms with Crippen LogP contribution in [0.2, 0.25) is 0 Å². The van der Waals surface area contributed by atoms with Crippen LogP contribution in [0.25, 0.3) is 0 Å². The molecule has 3 N–H and O–H groups in total. The number of esters is 1. The molecule has 0 saturated heterocycles. The molecule has 0 aliphatic rings. The van der Waals surface area contributed by atoms with Gasteiger partial charge in [0.25, 0.3) is 0 Å². The van der Waals surface area contributed by atoms with Gasteiger partial charge in [-0.1, -0.05) is 326 Å². The number of amides is 1. The molecule has 0 aromatic rings. The van der Waals surface area contributed by atoms with Gasteiger partial charge in [-0.15, -0.1) is 0 Å². The number of carbonyl (C=O) groups is 2. The third-order valence-corrected chi connectivity index (χ3v) is 15.6. The summed E-state index contributed by atoms with van der Waals surface area (Å²) in [6.45, 7) is 4.80. The molecule has 0 rings (SSSR count). The molecule has 0 aliphatic heterocycles. The lowest BCUT2D eigenvalue weighted by molar-refractivity contribution is -0.143. The molecule has 0 saturated carbocycles. The van der Waals surface area contributed by atoms with Crippen LogP contribution in [0, 0.1) is 0 Å². The molecule has 0 bridgehead atoms. The van der Waals surface area contributed by atoms with Gasteiger partial charge in [-0.3, -0.25) is 9.59 Å². The van der Waals surface area contributed by atoms with Gasteiger partial charge < -0.3 is 20.3 Å². The molecular weight excluding hydrogens is 935 g/mol. The second-order valence-corrected chi connectivity index (χ2v) is 23.1. The van der Waals surface area contributed by atoms with Crippen molar-refractivity contribution in [3.05, 3.63) is 48.6 Å². The van der Waals surface area contributed by atoms with Crippen molar-refractivity contribution in [2.45, 2.75) is 373 Å². The zero-order chi connectivity index (χ0) is 55.0. The Balaban J connectivity index is 3.45. The molecule has 2 atom stereocenters. The molecule has 76 heavy (non-hydrogen) atoms. The molecule has 0 aromatic carbocycles. The summed E-state index contributed by atoms with van der Waals surface area (Å²) in [6, 6.07) is -0.548. The molecule has 1 amide bonds. The summed E-state index contributed by atoms with van der Waals surface area (Å²) in [5, 5.41) is 23.4. The molecule has 2 unspecified atom stereocenters. The number of unbranched alkanes of at least 4 members (excludes halogenated alkanes) is 44. The van der Waals surface area contributed by atoms with Gasteiger partial charge in [0, 0.05) is 12.8 Å². The predicted octanol–water partition coefficient (Wildman–Crippen LogP) is 21.7. The Bertz CT molecular complexity index is 1270. The van der Waals surface area contributed by atoms with Crippen molar-refractivity contribution in [2.75, 3.05) is 13.2 Å². The second kappa shape index (κ2) is 65.3. The smallest absolute Gasteiger partial charge is 0.305 e. The molecule has 6 nitrogen and oxygen atoms in total. The molecule has 6 heteroatoms. The van der Waals surface area contributed by atoms with E-state index >= 15 is 0 Å². The summed E-state index contributed by atoms with van der Waals surface area (Å²) >= 11 is 0. The third-order valence-electron chi connectivity index (χ3n) is 15.6. The van der Waals surface area contributed by atoms with Crippen molar-refractivity contribution in [2.24, 2.45) is 0 Å². The van der Waals surface area contributed by atoms with Crippen molar-refractivity contribution < 1.29 is 24.5 Å². The number of rotatable bonds is 63. The van der Waals surface area contributed by atoms with E-state index in [4.69, 9.17) is 4.74 Å². The fourth-order valence-electron chi connectivity index (χ4n) is 10.5. The van der Waals surface area contributed by atoms with Gasteiger partial charge in [0.05, 0.1) is 25.4 Å². The standard InChI is InChI=1S/C70H131NO5/c1-3-5-7-9-11-13-15-17-18-19-20-21-22-23-24-26-29-32-35-39-42-46-50-54-58-62-68(73)67(66-72)71-69(74)63-59-55-51-47-43-40-36-33-30-27-25-28-31-34-37-41-45-49-53-57-61-65-76-70(75)64-60-56-52-48-44-38-16-14-12-10-8-6-4-2/h8,10,14,16,41,45,53,57,67-68,72-73H,3-7,9,11-13,15,17-40,42-44,46-52,54-56,58-66H2,1-2H3,(H,71,74)/b10-8-,16-14-,45-41-,57-53-. The molecule has 0 aliphatic carbocycles. The predicted molar refractivity (Wildman–Crippen MR) is 333 cm³/mol. The van der Waals surface area contributed by atoms with Crippen LogP contribution in [0.3, 0.4) is 0 Å². The number of ether oxygens (including phenoxy) is 1. The number of allylic oxidation sites excluding steroid dienone is 7. The van der Waals surface area contributed by atoms with E-state index in [0.717, 1.165) is 64.2 Å². The lowest BCUT2D eigenvalue weighted by Gasteiger charge is -2.22. The van der Waals surface area contributed by atoms with E-state index in [2.05, 4.69) is 67.8 Å². The van der Waals surface area contributed by atoms with E-state index in [1.54, 1.807) is 0 Å². The number of hydrogen-bond acceptors (Lipinski definition) is 5. The third kappa shape index (κ3) is 61.0. The van der Waals surface area contributed by atoms with Crippen molar-refractivity contribution in [1.82, 2.24) is 5.32 Å². The fraction of sp³-hybridized carbons (Fsp3) is 0.857. The van der Waals surface area contributed by atoms with Crippen LogP contribution >= 0.6 is 0 Å². The maximum Gasteiger partial charge on any atom is 0.305 e. The quantitative estimate of drug-likeness (QED) is 0.0320. The van der Waals surface area contributed by atoms with Gasteiger partial charge >= 0.3 is 5.97 Å². The molecule has 446 valence electrons. The monoisotopic (exact) mass is 1070 g/mol. The van der Waals surface area contributed by atoms with E-state index in [-0.39, 0.29) is 18.5 Å². The normalized spacial score (nSPS) is 12.8. The molecule has 0 aromatic heterocycles. The van der Waals surface area contributed by atoms with Crippen LogP contribution in [0.5, 0.6) is 0 Å². The maximum absolute atomic E-state index is 12.6. The van der Waals surface area contributed by atoms with Crippen LogP contribution in [0.1, 0.15) is 361 Å². The maximum atomic E-state index is 12.6. The minimum absolute atomic E-state index is 0.0365. The lowest BCUT2D eigenvalue weighted by Crippen LogP contribution is -2.45. The lowest BCUT2D eigenvalue weighted by atomic mass is 10.0. The first-order valence-corrected chi connectivity index (χ1v) is 33.9. The Morgan fingerprint density at radius 2 is 0.684 bits per heavy atom. The highest BCUT2D eigenvalue weighted by atomic mass is 16.5. The van der Waals surface area contributed by atoms with E-state index in [0.29, 0.717) is 25.9 Å². The largest absolute Gasteiger partial charge is 0.465 e. The highest BCUT2D eigenvalue weighted by molar-refractivity contribution is 5.76. The summed E-state index contributed by atoms with van der Waals surface area (Å²) in [4.78, 5) is 24.6. The Labute approximate surface area is 474 Å². The summed E-state index contributed by atoms with van der Waals surface area (Å²) in [5.74, 6) is -0.0868. The molecule has 0 spiro atoms. The zero-order valence-electron chi connectivity index (χ0n) is 51.0. The second-order valence-electron chi connectivity index (χ2n) is 23.1. The number of nitrogens with one attached hydrogen (secondary N) is 1. The number of aliphatic hydroxyl groups excluding tert-OH is 2. The molecular formula is C70H131NO5. The molecule has 0 heterocycles. The van der Waals surface area contributed by atoms with E-state index in [1.165, 1.54) is 263 Å². The van der Waals surface area contributed by atoms with Crippen molar-refractivity contribution in [3.8, 4) is 0 Å². The summed E-state index contributed by atoms with van der Waals surface area (Å²) < 4.78 is 5.40. The summed E-state index contributed by atoms with van der Waals surface area (Å²) in [5.41, 5.74) is 0. The van der Waals surface area contributed by atoms with Crippen molar-refractivity contribution >= 4 is 11.9 Å². The number of hydrogen-bond donors (Lipinski definition) is 3. The minimum Gasteiger partial charge on any atom is -0.465 e. The first-order chi connectivity index (χ1) is 37.5. The van der Waals surface area contributed by atoms with E-state index in [1.807, 2.05) is 0 Å². The van der Waals surface area contributed by atoms with Crippen LogP contribution in [-0.2, 0) is 14.3 Å². The van der Waals surface area contributed by atoms with Gasteiger partial charge in [0.15, 0.2) is 0 Å². The number of aliphatic hydroxyl groups is 2. The summed E-state index contributed by atoms with van der Waals surface area (Å²) in [6.07, 6.45) is 84.5. The zero-order valence-corrected chi connectivity index (χ0v) is 51.0. The SMILES string of the molecule is CCC/C=C\C/C=C\CCCCCCCC(=O)OCC/C=C\C/C=C\CCCCCCCCCCCCCCCCC(=O)NC(CO)C(O)CCCCCCCCCCCCCCCCCCCCCCCCCCC. The van der Waals surface area contributed by atoms with Crippen LogP contribution in [-0.4, -0.2) is 47.4 Å². The average molecular weight is 1070 g/mol. The Morgan fingerprint density at radius 3 is 1.05 bits per heavy atom. The van der Waals surface area contributed by atoms with Gasteiger partial charge in [0.1, 0.15) is 0 Å². The topological polar surface area (TPSA) is 95.9 Å². The van der Waals surface area contributed by atoms with Gasteiger partial charge in [-0.05, 0) is 70.6 Å². The first kappa shape index (κ1) is 73.8. The van der Waals surface area contributed by atoms with E-state index < -0.39 is 12.1 Å². The molecule has 0 fully saturated rings. The first-order valence-electron chi connectivity index (χ1n) is 33.9. The molecule has 0 radical (unpaired) electrons. The minimum atomic E-state index is -0.671. The van der Waals surface area contributed by atoms with Gasteiger partial charge in [0.2, 0.25) is 5.91 Å². The fourth-order valence-corrected chi connectivity index (χ4v) is 10.5. The van der Waals surface area contributed by atoms with Gasteiger partial charge in [-0.2, -0.15) is 0 Å². The van der Waals surface area contributed by atoms with Crippen molar-refractivity contribution in [1.29, 1.82) is 0 Å². The highest BCUT2D eigenvalue weighted by Crippen LogP contribution is 2.18. The Kier molecular flexibility index (Phi) is 63.5. The van der Waals surface area contributed by atoms with Crippen LogP contribution in [0.4, 0.5) is 0 Å². The van der Waals surface area contributed by atoms with Crippen molar-refractivity contribution in [3.63, 3.8) is 0 Å². The summed E-state index contributed by atoms with van der Waals surface area (Å²) in [7, 11) is 0. The van der Waals surface area contributed by atoms with E-state index in [9.17, 15) is 19.8 Å². The number of carbonyl (C=O) groups excluding carboxylic acids is 2. The van der Waals surface area contributed by atoms with Crippen LogP contribution < -0.4 is 5.32 Å². The Hall–Kier alpha value is -2.18. The Morgan fingerprint density at radius 1 is 0.368 bits per heavy atom.